The Hall–Kier alpha value is -1.14. The molecule has 0 rings (SSSR count). The van der Waals surface area contributed by atoms with E-state index in [4.69, 9.17) is 0 Å². The molecule has 0 nitrogen and oxygen atoms in total. The Kier molecular flexibility index (Phi) is 7.77. The van der Waals surface area contributed by atoms with Gasteiger partial charge in [-0.1, -0.05) is 51.4 Å². The van der Waals surface area contributed by atoms with Gasteiger partial charge in [-0.15, -0.1) is 0 Å². The van der Waals surface area contributed by atoms with Gasteiger partial charge in [0.05, 0.1) is 0 Å². The fourth-order valence-electron chi connectivity index (χ4n) is 1.14. The van der Waals surface area contributed by atoms with Crippen molar-refractivity contribution < 1.29 is 0 Å². The molecule has 0 aromatic carbocycles. The van der Waals surface area contributed by atoms with Crippen LogP contribution in [-0.2, 0) is 0 Å². The van der Waals surface area contributed by atoms with E-state index >= 15 is 0 Å². The van der Waals surface area contributed by atoms with Crippen molar-refractivity contribution in [3.8, 4) is 23.7 Å². The van der Waals surface area contributed by atoms with Gasteiger partial charge < -0.3 is 0 Å². The van der Waals surface area contributed by atoms with Crippen LogP contribution in [-0.4, -0.2) is 0 Å². The van der Waals surface area contributed by atoms with Crippen LogP contribution in [0, 0.1) is 23.7 Å². The summed E-state index contributed by atoms with van der Waals surface area (Å²) in [7, 11) is 0. The monoisotopic (exact) mass is 188 g/mol. The summed E-state index contributed by atoms with van der Waals surface area (Å²) < 4.78 is 0. The van der Waals surface area contributed by atoms with E-state index in [1.807, 2.05) is 0 Å². The van der Waals surface area contributed by atoms with Gasteiger partial charge in [0.15, 0.2) is 0 Å². The lowest BCUT2D eigenvalue weighted by Gasteiger charge is -1.99. The van der Waals surface area contributed by atoms with Gasteiger partial charge in [-0.25, -0.2) is 0 Å². The maximum absolute atomic E-state index is 3.21. The third-order valence-corrected chi connectivity index (χ3v) is 1.90. The number of hydrogen-bond donors (Lipinski definition) is 0. The fourth-order valence-corrected chi connectivity index (χ4v) is 1.14. The number of allylic oxidation sites excluding steroid dienone is 2. The van der Waals surface area contributed by atoms with Crippen molar-refractivity contribution in [2.75, 3.05) is 0 Å². The molecule has 0 heteroatoms. The quantitative estimate of drug-likeness (QED) is 0.576. The van der Waals surface area contributed by atoms with Crippen molar-refractivity contribution in [3.63, 3.8) is 0 Å². The van der Waals surface area contributed by atoms with Crippen LogP contribution in [0.3, 0.4) is 0 Å². The van der Waals surface area contributed by atoms with Crippen molar-refractivity contribution in [1.29, 1.82) is 0 Å². The lowest BCUT2D eigenvalue weighted by molar-refractivity contribution is 1.07. The Morgan fingerprint density at radius 3 is 1.29 bits per heavy atom. The molecule has 0 atom stereocenters. The van der Waals surface area contributed by atoms with Crippen LogP contribution in [0.1, 0.15) is 53.4 Å². The maximum Gasteiger partial charge on any atom is 0.0133 e. The highest BCUT2D eigenvalue weighted by atomic mass is 14.0. The first-order valence-corrected chi connectivity index (χ1v) is 5.49. The number of hydrogen-bond acceptors (Lipinski definition) is 0. The first-order valence-electron chi connectivity index (χ1n) is 5.49. The molecule has 76 valence electrons. The molecule has 0 spiro atoms. The molecule has 0 aromatic rings. The SMILES string of the molecule is CCC#C/C(CC)=C(/C#CCC)CC. The molecule has 0 bridgehead atoms. The summed E-state index contributed by atoms with van der Waals surface area (Å²) in [4.78, 5) is 0. The maximum atomic E-state index is 3.21. The first-order chi connectivity index (χ1) is 6.79. The lowest BCUT2D eigenvalue weighted by atomic mass is 10.0. The lowest BCUT2D eigenvalue weighted by Crippen LogP contribution is -1.85. The summed E-state index contributed by atoms with van der Waals surface area (Å²) in [6, 6.07) is 0. The van der Waals surface area contributed by atoms with Crippen molar-refractivity contribution in [3.05, 3.63) is 11.1 Å². The van der Waals surface area contributed by atoms with Gasteiger partial charge in [-0.3, -0.25) is 0 Å². The molecule has 0 saturated heterocycles. The zero-order valence-corrected chi connectivity index (χ0v) is 9.83. The summed E-state index contributed by atoms with van der Waals surface area (Å²) in [5.74, 6) is 12.6. The highest BCUT2D eigenvalue weighted by Crippen LogP contribution is 2.10. The molecule has 0 fully saturated rings. The second-order valence-corrected chi connectivity index (χ2v) is 2.97. The summed E-state index contributed by atoms with van der Waals surface area (Å²) in [6.07, 6.45) is 3.83. The molecule has 0 aliphatic carbocycles. The first kappa shape index (κ1) is 12.9. The minimum Gasteiger partial charge on any atom is -0.0985 e. The molecule has 0 aliphatic rings. The molecule has 0 saturated carbocycles. The van der Waals surface area contributed by atoms with Crippen molar-refractivity contribution in [1.82, 2.24) is 0 Å². The van der Waals surface area contributed by atoms with Crippen LogP contribution in [0.25, 0.3) is 0 Å². The van der Waals surface area contributed by atoms with Gasteiger partial charge in [-0.05, 0) is 12.8 Å². The molecule has 0 radical (unpaired) electrons. The fraction of sp³-hybridized carbons (Fsp3) is 0.571. The average Bonchev–Trinajstić information content (AvgIpc) is 2.23. The van der Waals surface area contributed by atoms with E-state index in [9.17, 15) is 0 Å². The van der Waals surface area contributed by atoms with E-state index in [1.165, 1.54) is 11.1 Å². The highest BCUT2D eigenvalue weighted by Gasteiger charge is 1.96. The molecule has 0 N–H and O–H groups in total. The Bertz CT molecular complexity index is 264. The van der Waals surface area contributed by atoms with Crippen LogP contribution in [0.15, 0.2) is 11.1 Å². The van der Waals surface area contributed by atoms with Gasteiger partial charge in [0.25, 0.3) is 0 Å². The zero-order chi connectivity index (χ0) is 10.8. The Morgan fingerprint density at radius 2 is 1.07 bits per heavy atom. The summed E-state index contributed by atoms with van der Waals surface area (Å²) in [5, 5.41) is 0. The zero-order valence-electron chi connectivity index (χ0n) is 9.83. The van der Waals surface area contributed by atoms with E-state index in [0.29, 0.717) is 0 Å². The van der Waals surface area contributed by atoms with Crippen LogP contribution in [0.4, 0.5) is 0 Å². The van der Waals surface area contributed by atoms with Crippen LogP contribution < -0.4 is 0 Å². The predicted octanol–water partition coefficient (Wildman–Crippen LogP) is 3.93. The van der Waals surface area contributed by atoms with Gasteiger partial charge >= 0.3 is 0 Å². The summed E-state index contributed by atoms with van der Waals surface area (Å²) in [6.45, 7) is 8.43. The normalized spacial score (nSPS) is 10.6. The second kappa shape index (κ2) is 8.46. The third kappa shape index (κ3) is 4.78. The van der Waals surface area contributed by atoms with E-state index in [0.717, 1.165) is 25.7 Å². The topological polar surface area (TPSA) is 0 Å². The molecule has 14 heavy (non-hydrogen) atoms. The van der Waals surface area contributed by atoms with E-state index < -0.39 is 0 Å². The minimum atomic E-state index is 0.918. The van der Waals surface area contributed by atoms with Gasteiger partial charge in [0.2, 0.25) is 0 Å². The van der Waals surface area contributed by atoms with Crippen molar-refractivity contribution in [2.45, 2.75) is 53.4 Å². The van der Waals surface area contributed by atoms with Gasteiger partial charge in [-0.2, -0.15) is 0 Å². The largest absolute Gasteiger partial charge is 0.0985 e. The minimum absolute atomic E-state index is 0.918. The van der Waals surface area contributed by atoms with Crippen LogP contribution in [0.5, 0.6) is 0 Å². The van der Waals surface area contributed by atoms with Crippen LogP contribution in [0.2, 0.25) is 0 Å². The van der Waals surface area contributed by atoms with E-state index in [1.54, 1.807) is 0 Å². The van der Waals surface area contributed by atoms with Gasteiger partial charge in [0, 0.05) is 24.0 Å². The van der Waals surface area contributed by atoms with Crippen molar-refractivity contribution >= 4 is 0 Å². The van der Waals surface area contributed by atoms with Crippen LogP contribution >= 0.6 is 0 Å². The standard InChI is InChI=1S/C14H20/c1-5-9-11-13(7-3)14(8-4)12-10-6-2/h5-8H2,1-4H3/b14-13+. The third-order valence-electron chi connectivity index (χ3n) is 1.90. The smallest absolute Gasteiger partial charge is 0.0133 e. The molecule has 0 aliphatic heterocycles. The second-order valence-electron chi connectivity index (χ2n) is 2.97. The molecular formula is C14H20. The molecule has 0 aromatic heterocycles. The summed E-state index contributed by atoms with van der Waals surface area (Å²) in [5.41, 5.74) is 2.44. The predicted molar refractivity (Wildman–Crippen MR) is 63.7 cm³/mol. The molecule has 0 unspecified atom stereocenters. The molecule has 0 amide bonds. The Morgan fingerprint density at radius 1 is 0.714 bits per heavy atom. The summed E-state index contributed by atoms with van der Waals surface area (Å²) >= 11 is 0. The average molecular weight is 188 g/mol. The van der Waals surface area contributed by atoms with E-state index in [2.05, 4.69) is 51.4 Å². The Balaban J connectivity index is 4.91. The van der Waals surface area contributed by atoms with E-state index in [-0.39, 0.29) is 0 Å². The molecule has 0 heterocycles. The van der Waals surface area contributed by atoms with Gasteiger partial charge in [0.1, 0.15) is 0 Å². The number of rotatable bonds is 2. The Labute approximate surface area is 88.8 Å². The molecular weight excluding hydrogens is 168 g/mol. The van der Waals surface area contributed by atoms with Crippen molar-refractivity contribution in [2.24, 2.45) is 0 Å². The highest BCUT2D eigenvalue weighted by molar-refractivity contribution is 5.42.